The molecule has 3 aliphatic rings. The number of primary amides is 1. The summed E-state index contributed by atoms with van der Waals surface area (Å²) in [5, 5.41) is 57.0. The van der Waals surface area contributed by atoms with Crippen LogP contribution in [-0.4, -0.2) is 79.7 Å². The summed E-state index contributed by atoms with van der Waals surface area (Å²) in [5.41, 5.74) is 3.24. The highest BCUT2D eigenvalue weighted by Crippen LogP contribution is 2.56. The van der Waals surface area contributed by atoms with E-state index in [0.717, 1.165) is 11.1 Å². The lowest BCUT2D eigenvalue weighted by Crippen LogP contribution is -2.68. The number of phenolic OH excluding ortho intramolecular Hbond substituents is 1. The first-order valence-corrected chi connectivity index (χ1v) is 12.5. The van der Waals surface area contributed by atoms with E-state index < -0.39 is 75.6 Å². The molecular weight excluding hydrogens is 504 g/mol. The van der Waals surface area contributed by atoms with Crippen molar-refractivity contribution in [2.24, 2.45) is 17.6 Å². The zero-order chi connectivity index (χ0) is 28.5. The van der Waals surface area contributed by atoms with Crippen LogP contribution in [0.1, 0.15) is 33.0 Å². The lowest BCUT2D eigenvalue weighted by molar-refractivity contribution is -0.162. The van der Waals surface area contributed by atoms with E-state index in [0.29, 0.717) is 5.56 Å². The van der Waals surface area contributed by atoms with E-state index in [1.807, 2.05) is 31.2 Å². The fourth-order valence-electron chi connectivity index (χ4n) is 6.74. The summed E-state index contributed by atoms with van der Waals surface area (Å²) in [6, 6.07) is 10.8. The Balaban J connectivity index is 1.81. The fourth-order valence-corrected chi connectivity index (χ4v) is 6.74. The second-order valence-corrected chi connectivity index (χ2v) is 10.8. The minimum Gasteiger partial charge on any atom is -0.510 e. The number of aliphatic hydroxyl groups excluding tert-OH is 3. The third-order valence-corrected chi connectivity index (χ3v) is 8.34. The van der Waals surface area contributed by atoms with Gasteiger partial charge in [0.05, 0.1) is 23.6 Å². The van der Waals surface area contributed by atoms with Crippen molar-refractivity contribution in [1.82, 2.24) is 4.90 Å². The Kier molecular flexibility index (Phi) is 6.17. The summed E-state index contributed by atoms with van der Waals surface area (Å²) in [7, 11) is 3.00. The molecule has 2 aromatic carbocycles. The van der Waals surface area contributed by atoms with Gasteiger partial charge in [-0.2, -0.15) is 0 Å². The summed E-state index contributed by atoms with van der Waals surface area (Å²) >= 11 is 0. The third-order valence-electron chi connectivity index (χ3n) is 8.34. The van der Waals surface area contributed by atoms with Crippen LogP contribution in [0.2, 0.25) is 0 Å². The normalized spacial score (nSPS) is 30.3. The first-order chi connectivity index (χ1) is 18.3. The number of ketones is 2. The van der Waals surface area contributed by atoms with Gasteiger partial charge in [-0.1, -0.05) is 42.0 Å². The number of aryl methyl sites for hydroxylation is 1. The summed E-state index contributed by atoms with van der Waals surface area (Å²) in [5.74, 6) is -9.09. The van der Waals surface area contributed by atoms with Crippen LogP contribution >= 0.6 is 0 Å². The number of phenols is 1. The standard InChI is InChI=1S/C29H30N2O8/c1-12-6-4-7-13(10-12)11-15-14-8-5-9-16(32)17(14)23(33)19-18(15)24(34)21-22(31(2)3)25(35)20(28(30)38)27(37)29(21,39)26(19)36/h4-10,15,18,21-22,24,32,34-36,39H,11H2,1-3H3,(H2,30,38). The second-order valence-electron chi connectivity index (χ2n) is 10.8. The van der Waals surface area contributed by atoms with Gasteiger partial charge in [-0.3, -0.25) is 19.3 Å². The molecule has 0 heterocycles. The highest BCUT2D eigenvalue weighted by Gasteiger charge is 2.67. The molecule has 10 nitrogen and oxygen atoms in total. The predicted octanol–water partition coefficient (Wildman–Crippen LogP) is 1.18. The first-order valence-electron chi connectivity index (χ1n) is 12.5. The molecule has 2 aromatic rings. The van der Waals surface area contributed by atoms with Crippen molar-refractivity contribution in [2.75, 3.05) is 14.1 Å². The lowest BCUT2D eigenvalue weighted by atomic mass is 9.54. The highest BCUT2D eigenvalue weighted by atomic mass is 16.4. The SMILES string of the molecule is Cc1cccc(CC2c3cccc(O)c3C(=O)C3=C(O)C4(O)C(=O)C(C(N)=O)=C(O)C(N(C)C)C4C(O)C32)c1. The summed E-state index contributed by atoms with van der Waals surface area (Å²) in [6.07, 6.45) is -1.37. The number of fused-ring (bicyclic) bond motifs is 3. The Labute approximate surface area is 224 Å². The van der Waals surface area contributed by atoms with E-state index in [2.05, 4.69) is 0 Å². The summed E-state index contributed by atoms with van der Waals surface area (Å²) in [6.45, 7) is 1.92. The number of Topliss-reactive ketones (excluding diaryl/α,β-unsaturated/α-hetero) is 2. The van der Waals surface area contributed by atoms with Crippen LogP contribution in [0, 0.1) is 18.8 Å². The van der Waals surface area contributed by atoms with Crippen LogP contribution < -0.4 is 5.73 Å². The van der Waals surface area contributed by atoms with Gasteiger partial charge < -0.3 is 31.3 Å². The van der Waals surface area contributed by atoms with Gasteiger partial charge in [-0.25, -0.2) is 0 Å². The average Bonchev–Trinajstić information content (AvgIpc) is 2.85. The molecule has 10 heteroatoms. The first kappa shape index (κ1) is 26.6. The van der Waals surface area contributed by atoms with Crippen molar-refractivity contribution < 1.29 is 39.9 Å². The van der Waals surface area contributed by atoms with Crippen molar-refractivity contribution in [3.63, 3.8) is 0 Å². The van der Waals surface area contributed by atoms with Crippen LogP contribution in [0.25, 0.3) is 0 Å². The van der Waals surface area contributed by atoms with Crippen LogP contribution in [0.4, 0.5) is 0 Å². The number of hydrogen-bond donors (Lipinski definition) is 6. The molecule has 0 radical (unpaired) electrons. The monoisotopic (exact) mass is 534 g/mol. The highest BCUT2D eigenvalue weighted by molar-refractivity contribution is 6.25. The predicted molar refractivity (Wildman–Crippen MR) is 139 cm³/mol. The second kappa shape index (κ2) is 9.04. The van der Waals surface area contributed by atoms with E-state index >= 15 is 0 Å². The number of likely N-dealkylation sites (N-methyl/N-ethyl adjacent to an activating group) is 1. The molecule has 0 aromatic heterocycles. The molecular formula is C29H30N2O8. The Morgan fingerprint density at radius 3 is 2.36 bits per heavy atom. The Hall–Kier alpha value is -3.99. The maximum Gasteiger partial charge on any atom is 0.255 e. The zero-order valence-corrected chi connectivity index (χ0v) is 21.6. The van der Waals surface area contributed by atoms with E-state index in [4.69, 9.17) is 5.73 Å². The van der Waals surface area contributed by atoms with Crippen molar-refractivity contribution >= 4 is 17.5 Å². The van der Waals surface area contributed by atoms with Crippen LogP contribution in [0.5, 0.6) is 5.75 Å². The maximum absolute atomic E-state index is 13.8. The van der Waals surface area contributed by atoms with Crippen LogP contribution in [-0.2, 0) is 16.0 Å². The Morgan fingerprint density at radius 1 is 1.08 bits per heavy atom. The van der Waals surface area contributed by atoms with Crippen LogP contribution in [0.15, 0.2) is 65.1 Å². The van der Waals surface area contributed by atoms with Gasteiger partial charge >= 0.3 is 0 Å². The number of nitrogens with two attached hydrogens (primary N) is 1. The molecule has 204 valence electrons. The van der Waals surface area contributed by atoms with Crippen molar-refractivity contribution in [2.45, 2.75) is 37.0 Å². The molecule has 7 N–H and O–H groups in total. The van der Waals surface area contributed by atoms with Crippen LogP contribution in [0.3, 0.4) is 0 Å². The van der Waals surface area contributed by atoms with Crippen molar-refractivity contribution in [1.29, 1.82) is 0 Å². The molecule has 0 saturated heterocycles. The van der Waals surface area contributed by atoms with Gasteiger partial charge in [0.25, 0.3) is 5.91 Å². The Bertz CT molecular complexity index is 1490. The molecule has 0 spiro atoms. The van der Waals surface area contributed by atoms with E-state index in [1.165, 1.54) is 25.1 Å². The molecule has 0 fully saturated rings. The number of hydrogen-bond acceptors (Lipinski definition) is 9. The smallest absolute Gasteiger partial charge is 0.255 e. The molecule has 1 amide bonds. The topological polar surface area (TPSA) is 182 Å². The van der Waals surface area contributed by atoms with Gasteiger partial charge in [0.15, 0.2) is 11.4 Å². The van der Waals surface area contributed by atoms with Gasteiger partial charge in [-0.05, 0) is 50.6 Å². The quantitative estimate of drug-likeness (QED) is 0.314. The molecule has 0 aliphatic heterocycles. The molecule has 6 atom stereocenters. The molecule has 39 heavy (non-hydrogen) atoms. The summed E-state index contributed by atoms with van der Waals surface area (Å²) in [4.78, 5) is 40.9. The minimum absolute atomic E-state index is 0.108. The number of aliphatic hydroxyl groups is 4. The number of nitrogens with zero attached hydrogens (tertiary/aromatic N) is 1. The molecule has 3 aliphatic carbocycles. The van der Waals surface area contributed by atoms with Gasteiger partial charge in [0.2, 0.25) is 5.78 Å². The maximum atomic E-state index is 13.8. The molecule has 6 unspecified atom stereocenters. The van der Waals surface area contributed by atoms with Crippen molar-refractivity contribution in [3.8, 4) is 5.75 Å². The third kappa shape index (κ3) is 3.63. The number of carbonyl (C=O) groups is 3. The number of amides is 1. The number of benzene rings is 2. The summed E-state index contributed by atoms with van der Waals surface area (Å²) < 4.78 is 0. The molecule has 0 saturated carbocycles. The average molecular weight is 535 g/mol. The van der Waals surface area contributed by atoms with E-state index in [-0.39, 0.29) is 17.7 Å². The number of rotatable bonds is 4. The Morgan fingerprint density at radius 2 is 1.74 bits per heavy atom. The van der Waals surface area contributed by atoms with Gasteiger partial charge in [-0.15, -0.1) is 0 Å². The number of aromatic hydroxyl groups is 1. The van der Waals surface area contributed by atoms with E-state index in [9.17, 15) is 39.9 Å². The minimum atomic E-state index is -2.94. The van der Waals surface area contributed by atoms with Crippen molar-refractivity contribution in [3.05, 3.63) is 87.4 Å². The lowest BCUT2D eigenvalue weighted by Gasteiger charge is -2.53. The van der Waals surface area contributed by atoms with Gasteiger partial charge in [0.1, 0.15) is 22.8 Å². The largest absolute Gasteiger partial charge is 0.510 e. The fraction of sp³-hybridized carbons (Fsp3) is 0.345. The molecule has 5 rings (SSSR count). The number of carbonyl (C=O) groups excluding carboxylic acids is 3. The molecule has 0 bridgehead atoms. The van der Waals surface area contributed by atoms with E-state index in [1.54, 1.807) is 12.1 Å². The van der Waals surface area contributed by atoms with Gasteiger partial charge in [0, 0.05) is 11.5 Å². The zero-order valence-electron chi connectivity index (χ0n) is 21.6.